The minimum Gasteiger partial charge on any atom is -0.294 e. The Bertz CT molecular complexity index is 527. The van der Waals surface area contributed by atoms with Crippen molar-refractivity contribution in [2.24, 2.45) is 23.7 Å². The Balaban J connectivity index is 1.17. The first-order valence-electron chi connectivity index (χ1n) is 14.8. The van der Waals surface area contributed by atoms with Crippen LogP contribution in [0.2, 0.25) is 0 Å². The smallest absolute Gasteiger partial charge is 0.0102 e. The van der Waals surface area contributed by atoms with E-state index in [9.17, 15) is 0 Å². The van der Waals surface area contributed by atoms with Gasteiger partial charge in [0.05, 0.1) is 0 Å². The molecule has 31 heavy (non-hydrogen) atoms. The predicted octanol–water partition coefficient (Wildman–Crippen LogP) is 8.68. The number of fused-ring (bicyclic) bond motifs is 1. The lowest BCUT2D eigenvalue weighted by Crippen LogP contribution is -2.51. The van der Waals surface area contributed by atoms with E-state index >= 15 is 0 Å². The molecule has 0 aromatic carbocycles. The van der Waals surface area contributed by atoms with E-state index in [1.54, 1.807) is 0 Å². The maximum absolute atomic E-state index is 3.14. The Morgan fingerprint density at radius 3 is 1.65 bits per heavy atom. The highest BCUT2D eigenvalue weighted by Crippen LogP contribution is 2.45. The van der Waals surface area contributed by atoms with Crippen molar-refractivity contribution < 1.29 is 0 Å². The van der Waals surface area contributed by atoms with Gasteiger partial charge >= 0.3 is 0 Å². The maximum Gasteiger partial charge on any atom is 0.0102 e. The first kappa shape index (κ1) is 22.5. The summed E-state index contributed by atoms with van der Waals surface area (Å²) in [6.45, 7) is 0. The van der Waals surface area contributed by atoms with Gasteiger partial charge in [0.2, 0.25) is 0 Å². The zero-order chi connectivity index (χ0) is 20.9. The Hall–Kier alpha value is -0.300. The summed E-state index contributed by atoms with van der Waals surface area (Å²) < 4.78 is 0. The number of rotatable bonds is 5. The molecule has 0 aromatic rings. The molecule has 0 N–H and O–H groups in total. The fourth-order valence-corrected chi connectivity index (χ4v) is 8.77. The average molecular weight is 426 g/mol. The van der Waals surface area contributed by atoms with Crippen LogP contribution in [0.25, 0.3) is 0 Å². The molecule has 0 heterocycles. The standard InChI is InChI=1S/C30H51N/c1-3-13-27(14-4-1)31(28-15-5-2-6-16-28)29-22-19-24(20-23-29)18-21-26-12-9-11-25-10-7-8-17-30(25)26/h18,21,24-30H,1-17,19-20,22-23H2. The number of nitrogens with zero attached hydrogens (tertiary/aromatic N) is 1. The number of hydrogen-bond acceptors (Lipinski definition) is 1. The summed E-state index contributed by atoms with van der Waals surface area (Å²) in [4.78, 5) is 3.14. The van der Waals surface area contributed by atoms with Crippen molar-refractivity contribution in [1.82, 2.24) is 4.90 Å². The fraction of sp³-hybridized carbons (Fsp3) is 0.933. The molecule has 0 aromatic heterocycles. The van der Waals surface area contributed by atoms with Crippen LogP contribution in [-0.2, 0) is 0 Å². The number of allylic oxidation sites excluding steroid dienone is 2. The van der Waals surface area contributed by atoms with E-state index in [-0.39, 0.29) is 0 Å². The molecular formula is C30H51N. The van der Waals surface area contributed by atoms with Crippen LogP contribution >= 0.6 is 0 Å². The Morgan fingerprint density at radius 1 is 0.419 bits per heavy atom. The van der Waals surface area contributed by atoms with Crippen molar-refractivity contribution in [3.63, 3.8) is 0 Å². The quantitative estimate of drug-likeness (QED) is 0.398. The highest BCUT2D eigenvalue weighted by molar-refractivity contribution is 5.01. The molecule has 3 unspecified atom stereocenters. The van der Waals surface area contributed by atoms with E-state index in [0.29, 0.717) is 0 Å². The van der Waals surface area contributed by atoms with E-state index in [2.05, 4.69) is 17.1 Å². The molecule has 0 spiro atoms. The lowest BCUT2D eigenvalue weighted by Gasteiger charge is -2.48. The molecule has 0 amide bonds. The van der Waals surface area contributed by atoms with Crippen LogP contribution < -0.4 is 0 Å². The second-order valence-corrected chi connectivity index (χ2v) is 12.3. The van der Waals surface area contributed by atoms with Gasteiger partial charge in [-0.25, -0.2) is 0 Å². The Kier molecular flexibility index (Phi) is 8.14. The molecule has 0 radical (unpaired) electrons. The van der Waals surface area contributed by atoms with Gasteiger partial charge in [-0.05, 0) is 87.9 Å². The summed E-state index contributed by atoms with van der Waals surface area (Å²) in [5.74, 6) is 3.94. The molecule has 176 valence electrons. The monoisotopic (exact) mass is 425 g/mol. The van der Waals surface area contributed by atoms with Crippen molar-refractivity contribution >= 4 is 0 Å². The van der Waals surface area contributed by atoms with Gasteiger partial charge in [0.15, 0.2) is 0 Å². The molecule has 5 saturated carbocycles. The Labute approximate surface area is 193 Å². The fourth-order valence-electron chi connectivity index (χ4n) is 8.77. The van der Waals surface area contributed by atoms with Gasteiger partial charge in [-0.3, -0.25) is 4.90 Å². The normalized spacial score (nSPS) is 39.1. The van der Waals surface area contributed by atoms with Crippen LogP contribution in [0.15, 0.2) is 12.2 Å². The molecule has 0 bridgehead atoms. The zero-order valence-electron chi connectivity index (χ0n) is 20.5. The molecule has 5 aliphatic rings. The molecule has 3 atom stereocenters. The highest BCUT2D eigenvalue weighted by Gasteiger charge is 2.36. The second-order valence-electron chi connectivity index (χ2n) is 12.3. The lowest BCUT2D eigenvalue weighted by atomic mass is 9.65. The maximum atomic E-state index is 3.14. The lowest BCUT2D eigenvalue weighted by molar-refractivity contribution is 0.0181. The molecule has 1 nitrogen and oxygen atoms in total. The third-order valence-electron chi connectivity index (χ3n) is 10.4. The van der Waals surface area contributed by atoms with Gasteiger partial charge in [-0.2, -0.15) is 0 Å². The molecule has 5 fully saturated rings. The Morgan fingerprint density at radius 2 is 0.968 bits per heavy atom. The van der Waals surface area contributed by atoms with Gasteiger partial charge < -0.3 is 0 Å². The van der Waals surface area contributed by atoms with E-state index in [1.165, 1.54) is 135 Å². The first-order chi connectivity index (χ1) is 15.4. The first-order valence-corrected chi connectivity index (χ1v) is 14.8. The predicted molar refractivity (Wildman–Crippen MR) is 133 cm³/mol. The summed E-state index contributed by atoms with van der Waals surface area (Å²) in [6.07, 6.45) is 37.0. The topological polar surface area (TPSA) is 3.24 Å². The molecular weight excluding hydrogens is 374 g/mol. The van der Waals surface area contributed by atoms with E-state index in [0.717, 1.165) is 41.8 Å². The minimum atomic E-state index is 0.889. The molecule has 5 rings (SSSR count). The van der Waals surface area contributed by atoms with Crippen LogP contribution in [0.1, 0.15) is 135 Å². The van der Waals surface area contributed by atoms with Gasteiger partial charge in [0, 0.05) is 18.1 Å². The summed E-state index contributed by atoms with van der Waals surface area (Å²) in [5.41, 5.74) is 0. The molecule has 5 aliphatic carbocycles. The van der Waals surface area contributed by atoms with E-state index in [1.807, 2.05) is 0 Å². The van der Waals surface area contributed by atoms with Crippen molar-refractivity contribution in [1.29, 1.82) is 0 Å². The van der Waals surface area contributed by atoms with Crippen LogP contribution in [0.4, 0.5) is 0 Å². The minimum absolute atomic E-state index is 0.889. The summed E-state index contributed by atoms with van der Waals surface area (Å²) in [6, 6.07) is 2.77. The third kappa shape index (κ3) is 5.62. The molecule has 0 saturated heterocycles. The van der Waals surface area contributed by atoms with Crippen molar-refractivity contribution in [2.75, 3.05) is 0 Å². The van der Waals surface area contributed by atoms with Crippen molar-refractivity contribution in [3.05, 3.63) is 12.2 Å². The molecule has 1 heteroatoms. The number of hydrogen-bond donors (Lipinski definition) is 0. The van der Waals surface area contributed by atoms with Crippen LogP contribution in [0, 0.1) is 23.7 Å². The largest absolute Gasteiger partial charge is 0.294 e. The second kappa shape index (κ2) is 11.2. The third-order valence-corrected chi connectivity index (χ3v) is 10.4. The van der Waals surface area contributed by atoms with Crippen LogP contribution in [0.5, 0.6) is 0 Å². The van der Waals surface area contributed by atoms with E-state index in [4.69, 9.17) is 0 Å². The van der Waals surface area contributed by atoms with Crippen LogP contribution in [0.3, 0.4) is 0 Å². The van der Waals surface area contributed by atoms with Gasteiger partial charge in [0.25, 0.3) is 0 Å². The summed E-state index contributed by atoms with van der Waals surface area (Å²) in [5, 5.41) is 0. The van der Waals surface area contributed by atoms with Crippen LogP contribution in [-0.4, -0.2) is 23.0 Å². The van der Waals surface area contributed by atoms with Crippen molar-refractivity contribution in [2.45, 2.75) is 153 Å². The van der Waals surface area contributed by atoms with Gasteiger partial charge in [-0.1, -0.05) is 82.8 Å². The average Bonchev–Trinajstić information content (AvgIpc) is 2.85. The molecule has 0 aliphatic heterocycles. The summed E-state index contributed by atoms with van der Waals surface area (Å²) >= 11 is 0. The van der Waals surface area contributed by atoms with Gasteiger partial charge in [-0.15, -0.1) is 0 Å². The SMILES string of the molecule is C(=CC1CCCC2CCCCC12)C1CCC(N(C2CCCCC2)C2CCCCC2)CC1. The van der Waals surface area contributed by atoms with E-state index < -0.39 is 0 Å². The highest BCUT2D eigenvalue weighted by atomic mass is 15.2. The van der Waals surface area contributed by atoms with Gasteiger partial charge in [0.1, 0.15) is 0 Å². The van der Waals surface area contributed by atoms with Crippen molar-refractivity contribution in [3.8, 4) is 0 Å². The zero-order valence-corrected chi connectivity index (χ0v) is 20.5. The summed E-state index contributed by atoms with van der Waals surface area (Å²) in [7, 11) is 0.